The fourth-order valence-corrected chi connectivity index (χ4v) is 1.72. The van der Waals surface area contributed by atoms with Crippen LogP contribution in [0.4, 0.5) is 5.69 Å². The Hall–Kier alpha value is -1.46. The van der Waals surface area contributed by atoms with Crippen molar-refractivity contribution in [2.24, 2.45) is 11.1 Å². The summed E-state index contributed by atoms with van der Waals surface area (Å²) in [5, 5.41) is 2.81. The first-order valence-corrected chi connectivity index (χ1v) is 7.46. The van der Waals surface area contributed by atoms with Crippen molar-refractivity contribution in [3.63, 3.8) is 0 Å². The summed E-state index contributed by atoms with van der Waals surface area (Å²) < 4.78 is 5.47. The molecule has 1 rings (SSSR count). The van der Waals surface area contributed by atoms with Gasteiger partial charge in [0, 0.05) is 17.9 Å². The van der Waals surface area contributed by atoms with E-state index < -0.39 is 0 Å². The number of nitrogens with one attached hydrogen (secondary N) is 1. The fraction of sp³-hybridized carbons (Fsp3) is 0.500. The minimum atomic E-state index is -0.0613. The molecule has 0 spiro atoms. The Bertz CT molecular complexity index is 478. The lowest BCUT2D eigenvalue weighted by molar-refractivity contribution is -0.117. The maximum absolute atomic E-state index is 11.7. The first-order valence-electron chi connectivity index (χ1n) is 7.05. The molecule has 0 aromatic heterocycles. The Morgan fingerprint density at radius 3 is 2.38 bits per heavy atom. The van der Waals surface area contributed by atoms with E-state index in [2.05, 4.69) is 26.1 Å². The third-order valence-corrected chi connectivity index (χ3v) is 3.16. The monoisotopic (exact) mass is 308 g/mol. The van der Waals surface area contributed by atoms with E-state index >= 15 is 0 Å². The van der Waals surface area contributed by atoms with Gasteiger partial charge in [0.15, 0.2) is 0 Å². The predicted molar refractivity (Wildman–Crippen MR) is 90.5 cm³/mol. The maximum atomic E-state index is 11.7. The van der Waals surface area contributed by atoms with Crippen molar-refractivity contribution in [3.05, 3.63) is 29.8 Å². The number of benzene rings is 1. The standard InChI is InChI=1S/C16H24N2O2S/c1-16(2,3)9-11-20-10-8-14(19)18-13-6-4-12(5-7-13)15(17)21/h4-7H,8-11H2,1-3H3,(H2,17,21)(H,18,19). The molecule has 0 saturated heterocycles. The molecular weight excluding hydrogens is 284 g/mol. The van der Waals surface area contributed by atoms with E-state index in [-0.39, 0.29) is 11.3 Å². The van der Waals surface area contributed by atoms with Crippen LogP contribution in [-0.2, 0) is 9.53 Å². The fourth-order valence-electron chi connectivity index (χ4n) is 1.59. The second kappa shape index (κ2) is 8.10. The summed E-state index contributed by atoms with van der Waals surface area (Å²) in [5.41, 5.74) is 7.29. The molecule has 1 amide bonds. The number of hydrogen-bond donors (Lipinski definition) is 2. The van der Waals surface area contributed by atoms with Crippen LogP contribution in [0.15, 0.2) is 24.3 Å². The number of carbonyl (C=O) groups is 1. The van der Waals surface area contributed by atoms with E-state index in [0.717, 1.165) is 17.7 Å². The summed E-state index contributed by atoms with van der Waals surface area (Å²) in [6, 6.07) is 7.15. The molecule has 0 aliphatic carbocycles. The number of rotatable bonds is 7. The van der Waals surface area contributed by atoms with E-state index in [0.29, 0.717) is 24.6 Å². The zero-order valence-electron chi connectivity index (χ0n) is 12.9. The van der Waals surface area contributed by atoms with E-state index in [1.807, 2.05) is 0 Å². The van der Waals surface area contributed by atoms with Gasteiger partial charge < -0.3 is 15.8 Å². The molecule has 3 N–H and O–H groups in total. The number of nitrogens with two attached hydrogens (primary N) is 1. The summed E-state index contributed by atoms with van der Waals surface area (Å²) in [7, 11) is 0. The first-order chi connectivity index (χ1) is 9.78. The van der Waals surface area contributed by atoms with Crippen molar-refractivity contribution in [2.45, 2.75) is 33.6 Å². The SMILES string of the molecule is CC(C)(C)CCOCCC(=O)Nc1ccc(C(N)=S)cc1. The lowest BCUT2D eigenvalue weighted by atomic mass is 9.93. The van der Waals surface area contributed by atoms with Crippen LogP contribution in [0, 0.1) is 5.41 Å². The van der Waals surface area contributed by atoms with Gasteiger partial charge >= 0.3 is 0 Å². The van der Waals surface area contributed by atoms with Crippen molar-refractivity contribution >= 4 is 28.8 Å². The molecule has 0 fully saturated rings. The number of hydrogen-bond acceptors (Lipinski definition) is 3. The van der Waals surface area contributed by atoms with Crippen molar-refractivity contribution in [2.75, 3.05) is 18.5 Å². The highest BCUT2D eigenvalue weighted by molar-refractivity contribution is 7.80. The summed E-state index contributed by atoms with van der Waals surface area (Å²) in [4.78, 5) is 12.1. The lowest BCUT2D eigenvalue weighted by Gasteiger charge is -2.17. The van der Waals surface area contributed by atoms with E-state index in [1.165, 1.54) is 0 Å². The Morgan fingerprint density at radius 1 is 1.24 bits per heavy atom. The molecule has 0 aliphatic rings. The predicted octanol–water partition coefficient (Wildman–Crippen LogP) is 3.10. The van der Waals surface area contributed by atoms with Crippen LogP contribution < -0.4 is 11.1 Å². The molecular formula is C16H24N2O2S. The topological polar surface area (TPSA) is 64.3 Å². The van der Waals surface area contributed by atoms with Crippen LogP contribution in [0.2, 0.25) is 0 Å². The first kappa shape index (κ1) is 17.6. The number of ether oxygens (including phenoxy) is 1. The number of amides is 1. The Labute approximate surface area is 132 Å². The molecule has 0 atom stereocenters. The van der Waals surface area contributed by atoms with Gasteiger partial charge in [0.2, 0.25) is 5.91 Å². The normalized spacial score (nSPS) is 11.2. The average molecular weight is 308 g/mol. The van der Waals surface area contributed by atoms with Crippen molar-refractivity contribution in [1.29, 1.82) is 0 Å². The lowest BCUT2D eigenvalue weighted by Crippen LogP contribution is -2.16. The van der Waals surface area contributed by atoms with E-state index in [9.17, 15) is 4.79 Å². The highest BCUT2D eigenvalue weighted by atomic mass is 32.1. The van der Waals surface area contributed by atoms with Gasteiger partial charge in [0.1, 0.15) is 4.99 Å². The molecule has 21 heavy (non-hydrogen) atoms. The molecule has 0 saturated carbocycles. The zero-order valence-corrected chi connectivity index (χ0v) is 13.8. The Kier molecular flexibility index (Phi) is 6.78. The Balaban J connectivity index is 2.26. The molecule has 0 aliphatic heterocycles. The van der Waals surface area contributed by atoms with Gasteiger partial charge in [-0.05, 0) is 36.1 Å². The minimum Gasteiger partial charge on any atom is -0.389 e. The van der Waals surface area contributed by atoms with Gasteiger partial charge in [-0.2, -0.15) is 0 Å². The average Bonchev–Trinajstić information content (AvgIpc) is 2.37. The highest BCUT2D eigenvalue weighted by Crippen LogP contribution is 2.17. The van der Waals surface area contributed by atoms with Crippen molar-refractivity contribution < 1.29 is 9.53 Å². The number of thiocarbonyl (C=S) groups is 1. The summed E-state index contributed by atoms with van der Waals surface area (Å²) in [5.74, 6) is -0.0613. The van der Waals surface area contributed by atoms with Gasteiger partial charge in [-0.25, -0.2) is 0 Å². The molecule has 1 aromatic rings. The van der Waals surface area contributed by atoms with E-state index in [1.54, 1.807) is 24.3 Å². The summed E-state index contributed by atoms with van der Waals surface area (Å²) >= 11 is 4.88. The van der Waals surface area contributed by atoms with Crippen LogP contribution in [0.5, 0.6) is 0 Å². The molecule has 0 bridgehead atoms. The molecule has 4 nitrogen and oxygen atoms in total. The number of anilines is 1. The van der Waals surface area contributed by atoms with Gasteiger partial charge in [-0.1, -0.05) is 33.0 Å². The highest BCUT2D eigenvalue weighted by Gasteiger charge is 2.09. The second-order valence-corrected chi connectivity index (χ2v) is 6.60. The smallest absolute Gasteiger partial charge is 0.226 e. The zero-order chi connectivity index (χ0) is 15.9. The third kappa shape index (κ3) is 7.78. The quantitative estimate of drug-likeness (QED) is 0.600. The van der Waals surface area contributed by atoms with Crippen LogP contribution in [-0.4, -0.2) is 24.1 Å². The maximum Gasteiger partial charge on any atom is 0.226 e. The third-order valence-electron chi connectivity index (χ3n) is 2.92. The van der Waals surface area contributed by atoms with Gasteiger partial charge in [0.05, 0.1) is 13.0 Å². The molecule has 5 heteroatoms. The van der Waals surface area contributed by atoms with Crippen LogP contribution in [0.1, 0.15) is 39.2 Å². The summed E-state index contributed by atoms with van der Waals surface area (Å²) in [6.07, 6.45) is 1.33. The Morgan fingerprint density at radius 2 is 1.86 bits per heavy atom. The van der Waals surface area contributed by atoms with E-state index in [4.69, 9.17) is 22.7 Å². The van der Waals surface area contributed by atoms with Crippen LogP contribution in [0.25, 0.3) is 0 Å². The van der Waals surface area contributed by atoms with Gasteiger partial charge in [-0.3, -0.25) is 4.79 Å². The minimum absolute atomic E-state index is 0.0613. The van der Waals surface area contributed by atoms with Crippen LogP contribution in [0.3, 0.4) is 0 Å². The number of carbonyl (C=O) groups excluding carboxylic acids is 1. The molecule has 0 unspecified atom stereocenters. The van der Waals surface area contributed by atoms with Crippen molar-refractivity contribution in [1.82, 2.24) is 0 Å². The molecule has 0 heterocycles. The largest absolute Gasteiger partial charge is 0.389 e. The van der Waals surface area contributed by atoms with Crippen molar-refractivity contribution in [3.8, 4) is 0 Å². The molecule has 1 aromatic carbocycles. The van der Waals surface area contributed by atoms with Gasteiger partial charge in [-0.15, -0.1) is 0 Å². The molecule has 0 radical (unpaired) electrons. The summed E-state index contributed by atoms with van der Waals surface area (Å²) in [6.45, 7) is 7.62. The second-order valence-electron chi connectivity index (χ2n) is 6.16. The molecule has 116 valence electrons. The van der Waals surface area contributed by atoms with Gasteiger partial charge in [0.25, 0.3) is 0 Å². The van der Waals surface area contributed by atoms with Crippen LogP contribution >= 0.6 is 12.2 Å².